The minimum atomic E-state index is -1.02. The summed E-state index contributed by atoms with van der Waals surface area (Å²) < 4.78 is 5.23. The fraction of sp³-hybridized carbons (Fsp3) is 0.444. The molecule has 0 unspecified atom stereocenters. The van der Waals surface area contributed by atoms with E-state index in [4.69, 9.17) is 4.42 Å². The Kier molecular flexibility index (Phi) is 2.53. The standard InChI is InChI=1S/C9H12O3/c1-6-5-8(7(2)12-6)3-4-9(10)11/h5H,3-4H2,1-2H3,(H,10,11)/p-1. The number of aryl methyl sites for hydroxylation is 3. The molecule has 0 N–H and O–H groups in total. The third kappa shape index (κ3) is 2.12. The van der Waals surface area contributed by atoms with Crippen molar-refractivity contribution in [3.05, 3.63) is 23.2 Å². The van der Waals surface area contributed by atoms with Gasteiger partial charge in [-0.15, -0.1) is 0 Å². The van der Waals surface area contributed by atoms with Crippen LogP contribution in [0.3, 0.4) is 0 Å². The topological polar surface area (TPSA) is 53.3 Å². The van der Waals surface area contributed by atoms with Crippen molar-refractivity contribution in [2.45, 2.75) is 26.7 Å². The number of carboxylic acid groups (broad SMARTS) is 1. The van der Waals surface area contributed by atoms with E-state index in [0.717, 1.165) is 17.1 Å². The van der Waals surface area contributed by atoms with Crippen LogP contribution in [0.5, 0.6) is 0 Å². The first kappa shape index (κ1) is 8.84. The lowest BCUT2D eigenvalue weighted by atomic mass is 10.1. The van der Waals surface area contributed by atoms with E-state index < -0.39 is 5.97 Å². The predicted molar refractivity (Wildman–Crippen MR) is 41.5 cm³/mol. The fourth-order valence-corrected chi connectivity index (χ4v) is 1.17. The zero-order chi connectivity index (χ0) is 9.14. The number of furan rings is 1. The van der Waals surface area contributed by atoms with Gasteiger partial charge in [-0.2, -0.15) is 0 Å². The Balaban J connectivity index is 2.62. The van der Waals surface area contributed by atoms with Crippen molar-refractivity contribution in [3.8, 4) is 0 Å². The van der Waals surface area contributed by atoms with Gasteiger partial charge < -0.3 is 14.3 Å². The molecule has 3 nitrogen and oxygen atoms in total. The van der Waals surface area contributed by atoms with Crippen molar-refractivity contribution < 1.29 is 14.3 Å². The van der Waals surface area contributed by atoms with E-state index in [1.165, 1.54) is 0 Å². The molecule has 0 radical (unpaired) electrons. The number of rotatable bonds is 3. The van der Waals surface area contributed by atoms with Gasteiger partial charge in [0.1, 0.15) is 11.5 Å². The van der Waals surface area contributed by atoms with Crippen LogP contribution in [0.4, 0.5) is 0 Å². The summed E-state index contributed by atoms with van der Waals surface area (Å²) in [7, 11) is 0. The average Bonchev–Trinajstić information content (AvgIpc) is 2.26. The second-order valence-electron chi connectivity index (χ2n) is 2.81. The van der Waals surface area contributed by atoms with Crippen molar-refractivity contribution in [2.24, 2.45) is 0 Å². The van der Waals surface area contributed by atoms with Gasteiger partial charge >= 0.3 is 0 Å². The van der Waals surface area contributed by atoms with Crippen LogP contribution in [-0.2, 0) is 11.2 Å². The monoisotopic (exact) mass is 167 g/mol. The molecule has 0 fully saturated rings. The molecule has 66 valence electrons. The highest BCUT2D eigenvalue weighted by Gasteiger charge is 2.03. The molecular weight excluding hydrogens is 156 g/mol. The van der Waals surface area contributed by atoms with E-state index in [9.17, 15) is 9.90 Å². The summed E-state index contributed by atoms with van der Waals surface area (Å²) in [5, 5.41) is 10.1. The Morgan fingerprint density at radius 3 is 2.67 bits per heavy atom. The molecule has 0 saturated heterocycles. The van der Waals surface area contributed by atoms with Gasteiger partial charge in [0.05, 0.1) is 0 Å². The van der Waals surface area contributed by atoms with E-state index in [2.05, 4.69) is 0 Å². The first-order valence-electron chi connectivity index (χ1n) is 3.85. The molecule has 0 saturated carbocycles. The Morgan fingerprint density at radius 2 is 2.25 bits per heavy atom. The highest BCUT2D eigenvalue weighted by Crippen LogP contribution is 2.14. The Labute approximate surface area is 71.0 Å². The summed E-state index contributed by atoms with van der Waals surface area (Å²) in [5.41, 5.74) is 0.955. The van der Waals surface area contributed by atoms with Crippen LogP contribution in [0.25, 0.3) is 0 Å². The molecule has 3 heteroatoms. The Morgan fingerprint density at radius 1 is 1.58 bits per heavy atom. The maximum Gasteiger partial charge on any atom is 0.104 e. The van der Waals surface area contributed by atoms with Crippen LogP contribution in [0.15, 0.2) is 10.5 Å². The van der Waals surface area contributed by atoms with Crippen LogP contribution in [0.1, 0.15) is 23.5 Å². The smallest absolute Gasteiger partial charge is 0.104 e. The predicted octanol–water partition coefficient (Wildman–Crippen LogP) is 0.579. The third-order valence-corrected chi connectivity index (χ3v) is 1.74. The molecule has 0 aliphatic heterocycles. The second-order valence-corrected chi connectivity index (χ2v) is 2.81. The van der Waals surface area contributed by atoms with Crippen molar-refractivity contribution >= 4 is 5.97 Å². The molecule has 1 rings (SSSR count). The van der Waals surface area contributed by atoms with Gasteiger partial charge in [0.2, 0.25) is 0 Å². The summed E-state index contributed by atoms with van der Waals surface area (Å²) in [6, 6.07) is 1.86. The van der Waals surface area contributed by atoms with Crippen LogP contribution in [-0.4, -0.2) is 5.97 Å². The van der Waals surface area contributed by atoms with Gasteiger partial charge in [-0.3, -0.25) is 0 Å². The van der Waals surface area contributed by atoms with Crippen molar-refractivity contribution in [3.63, 3.8) is 0 Å². The molecule has 0 aliphatic rings. The van der Waals surface area contributed by atoms with Gasteiger partial charge in [-0.25, -0.2) is 0 Å². The molecule has 0 spiro atoms. The van der Waals surface area contributed by atoms with Gasteiger partial charge in [0, 0.05) is 5.97 Å². The molecule has 0 aromatic carbocycles. The molecule has 0 aliphatic carbocycles. The van der Waals surface area contributed by atoms with E-state index in [1.807, 2.05) is 19.9 Å². The molecule has 0 amide bonds. The SMILES string of the molecule is Cc1cc(CCC(=O)[O-])c(C)o1. The summed E-state index contributed by atoms with van der Waals surface area (Å²) in [6.07, 6.45) is 0.547. The quantitative estimate of drug-likeness (QED) is 0.661. The highest BCUT2D eigenvalue weighted by molar-refractivity contribution is 5.64. The van der Waals surface area contributed by atoms with Crippen molar-refractivity contribution in [2.75, 3.05) is 0 Å². The van der Waals surface area contributed by atoms with Gasteiger partial charge in [0.25, 0.3) is 0 Å². The molecule has 1 heterocycles. The largest absolute Gasteiger partial charge is 0.550 e. The van der Waals surface area contributed by atoms with Crippen molar-refractivity contribution in [1.82, 2.24) is 0 Å². The van der Waals surface area contributed by atoms with Crippen LogP contribution in [0.2, 0.25) is 0 Å². The Hall–Kier alpha value is -1.25. The number of carbonyl (C=O) groups is 1. The van der Waals surface area contributed by atoms with Crippen LogP contribution < -0.4 is 5.11 Å². The zero-order valence-electron chi connectivity index (χ0n) is 7.22. The maximum atomic E-state index is 10.1. The Bertz CT molecular complexity index is 286. The molecular formula is C9H11O3-. The van der Waals surface area contributed by atoms with Crippen LogP contribution in [0, 0.1) is 13.8 Å². The highest BCUT2D eigenvalue weighted by atomic mass is 16.4. The maximum absolute atomic E-state index is 10.1. The lowest BCUT2D eigenvalue weighted by Gasteiger charge is -1.99. The van der Waals surface area contributed by atoms with E-state index in [0.29, 0.717) is 6.42 Å². The van der Waals surface area contributed by atoms with E-state index >= 15 is 0 Å². The minimum absolute atomic E-state index is 0.0554. The summed E-state index contributed by atoms with van der Waals surface area (Å²) in [6.45, 7) is 3.67. The second kappa shape index (κ2) is 3.43. The molecule has 1 aromatic heterocycles. The lowest BCUT2D eigenvalue weighted by Crippen LogP contribution is -2.22. The molecule has 12 heavy (non-hydrogen) atoms. The normalized spacial score (nSPS) is 10.2. The first-order valence-corrected chi connectivity index (χ1v) is 3.85. The number of aliphatic carboxylic acids is 1. The van der Waals surface area contributed by atoms with Gasteiger partial charge in [-0.1, -0.05) is 0 Å². The van der Waals surface area contributed by atoms with Gasteiger partial charge in [-0.05, 0) is 38.3 Å². The minimum Gasteiger partial charge on any atom is -0.550 e. The van der Waals surface area contributed by atoms with E-state index in [-0.39, 0.29) is 6.42 Å². The average molecular weight is 167 g/mol. The molecule has 0 bridgehead atoms. The molecule has 1 aromatic rings. The number of carboxylic acids is 1. The third-order valence-electron chi connectivity index (χ3n) is 1.74. The van der Waals surface area contributed by atoms with E-state index in [1.54, 1.807) is 0 Å². The first-order chi connectivity index (χ1) is 5.59. The number of hydrogen-bond donors (Lipinski definition) is 0. The number of hydrogen-bond acceptors (Lipinski definition) is 3. The zero-order valence-corrected chi connectivity index (χ0v) is 7.22. The summed E-state index contributed by atoms with van der Waals surface area (Å²) in [5.74, 6) is 0.600. The summed E-state index contributed by atoms with van der Waals surface area (Å²) in [4.78, 5) is 10.1. The fourth-order valence-electron chi connectivity index (χ4n) is 1.17. The lowest BCUT2D eigenvalue weighted by molar-refractivity contribution is -0.305. The number of carbonyl (C=O) groups excluding carboxylic acids is 1. The van der Waals surface area contributed by atoms with Crippen LogP contribution >= 0.6 is 0 Å². The van der Waals surface area contributed by atoms with Crippen molar-refractivity contribution in [1.29, 1.82) is 0 Å². The van der Waals surface area contributed by atoms with Gasteiger partial charge in [0.15, 0.2) is 0 Å². The summed E-state index contributed by atoms with van der Waals surface area (Å²) >= 11 is 0. The molecule has 0 atom stereocenters.